The molecule has 0 aliphatic heterocycles. The summed E-state index contributed by atoms with van der Waals surface area (Å²) in [5.41, 5.74) is 11.8. The van der Waals surface area contributed by atoms with Gasteiger partial charge in [-0.3, -0.25) is 4.98 Å². The van der Waals surface area contributed by atoms with E-state index in [0.717, 1.165) is 22.4 Å². The molecule has 6 heteroatoms. The van der Waals surface area contributed by atoms with Crippen LogP contribution in [-0.2, 0) is 0 Å². The van der Waals surface area contributed by atoms with Crippen molar-refractivity contribution in [1.29, 1.82) is 5.41 Å². The van der Waals surface area contributed by atoms with Gasteiger partial charge in [0, 0.05) is 22.5 Å². The highest BCUT2D eigenvalue weighted by molar-refractivity contribution is 6.02. The van der Waals surface area contributed by atoms with Crippen molar-refractivity contribution in [3.8, 4) is 22.6 Å². The van der Waals surface area contributed by atoms with E-state index in [9.17, 15) is 5.11 Å². The Hall–Kier alpha value is -3.90. The second-order valence-corrected chi connectivity index (χ2v) is 7.31. The summed E-state index contributed by atoms with van der Waals surface area (Å²) in [6.45, 7) is 1.66. The fraction of sp³-hybridized carbons (Fsp3) is 0.120. The maximum atomic E-state index is 9.92. The predicted molar refractivity (Wildman–Crippen MR) is 124 cm³/mol. The molecule has 0 spiro atoms. The van der Waals surface area contributed by atoms with Gasteiger partial charge in [0.2, 0.25) is 0 Å². The Morgan fingerprint density at radius 1 is 1.13 bits per heavy atom. The number of nitrogens with one attached hydrogen (secondary N) is 2. The van der Waals surface area contributed by atoms with Crippen molar-refractivity contribution >= 4 is 17.1 Å². The van der Waals surface area contributed by atoms with Crippen LogP contribution >= 0.6 is 0 Å². The van der Waals surface area contributed by atoms with Crippen LogP contribution in [0.4, 0.5) is 11.4 Å². The number of nitrogens with two attached hydrogens (primary N) is 1. The summed E-state index contributed by atoms with van der Waals surface area (Å²) in [5.74, 6) is 0.647. The van der Waals surface area contributed by atoms with E-state index in [0.29, 0.717) is 28.4 Å². The number of aromatic nitrogens is 1. The highest BCUT2D eigenvalue weighted by Gasteiger charge is 2.16. The van der Waals surface area contributed by atoms with Crippen molar-refractivity contribution in [3.63, 3.8) is 0 Å². The Morgan fingerprint density at radius 2 is 1.94 bits per heavy atom. The maximum absolute atomic E-state index is 9.92. The van der Waals surface area contributed by atoms with Crippen LogP contribution in [0.25, 0.3) is 22.6 Å². The molecule has 0 amide bonds. The molecule has 1 unspecified atom stereocenters. The molecule has 4 aromatic rings. The van der Waals surface area contributed by atoms with Crippen molar-refractivity contribution in [3.05, 3.63) is 90.3 Å². The first-order valence-electron chi connectivity index (χ1n) is 9.98. The van der Waals surface area contributed by atoms with Gasteiger partial charge in [0.1, 0.15) is 5.69 Å². The number of nitrogens with zero attached hydrogens (tertiary/aromatic N) is 1. The predicted octanol–water partition coefficient (Wildman–Crippen LogP) is 5.12. The van der Waals surface area contributed by atoms with E-state index in [1.54, 1.807) is 25.5 Å². The minimum atomic E-state index is -0.267. The summed E-state index contributed by atoms with van der Waals surface area (Å²) in [7, 11) is 0. The lowest BCUT2D eigenvalue weighted by Crippen LogP contribution is -2.15. The second kappa shape index (κ2) is 8.85. The van der Waals surface area contributed by atoms with Gasteiger partial charge in [0.05, 0.1) is 30.8 Å². The van der Waals surface area contributed by atoms with Gasteiger partial charge in [-0.25, -0.2) is 0 Å². The van der Waals surface area contributed by atoms with Gasteiger partial charge in [-0.05, 0) is 48.4 Å². The first-order valence-corrected chi connectivity index (χ1v) is 9.98. The quantitative estimate of drug-likeness (QED) is 0.249. The van der Waals surface area contributed by atoms with Gasteiger partial charge in [0.25, 0.3) is 0 Å². The average molecular weight is 412 g/mol. The van der Waals surface area contributed by atoms with Crippen molar-refractivity contribution in [2.45, 2.75) is 13.0 Å². The van der Waals surface area contributed by atoms with E-state index in [-0.39, 0.29) is 12.6 Å². The summed E-state index contributed by atoms with van der Waals surface area (Å²) in [4.78, 5) is 4.65. The lowest BCUT2D eigenvalue weighted by Gasteiger charge is -2.19. The molecular weight excluding hydrogens is 388 g/mol. The van der Waals surface area contributed by atoms with Crippen LogP contribution < -0.4 is 11.1 Å². The minimum Gasteiger partial charge on any atom is -0.463 e. The Kier molecular flexibility index (Phi) is 5.82. The van der Waals surface area contributed by atoms with E-state index in [1.165, 1.54) is 0 Å². The lowest BCUT2D eigenvalue weighted by molar-refractivity contribution is 0.276. The zero-order valence-corrected chi connectivity index (χ0v) is 17.2. The van der Waals surface area contributed by atoms with Gasteiger partial charge in [0.15, 0.2) is 5.76 Å². The first kappa shape index (κ1) is 20.4. The number of aliphatic hydroxyl groups excluding tert-OH is 1. The fourth-order valence-corrected chi connectivity index (χ4v) is 3.54. The standard InChI is InChI=1S/C25H24N4O2/c1-16(26)20-12-18(9-10-22(20)27)21-13-19(14-28-25(21)24-8-5-11-31-24)29-23(15-30)17-6-3-2-4-7-17/h2-14,23,26,29-30H,15,27H2,1H3. The van der Waals surface area contributed by atoms with E-state index in [4.69, 9.17) is 15.6 Å². The number of furan rings is 1. The minimum absolute atomic E-state index is 0.0572. The van der Waals surface area contributed by atoms with Gasteiger partial charge in [-0.2, -0.15) is 0 Å². The molecule has 0 radical (unpaired) electrons. The molecule has 2 heterocycles. The van der Waals surface area contributed by atoms with Gasteiger partial charge < -0.3 is 26.0 Å². The van der Waals surface area contributed by atoms with Crippen molar-refractivity contribution in [2.24, 2.45) is 0 Å². The number of hydrogen-bond donors (Lipinski definition) is 4. The van der Waals surface area contributed by atoms with Crippen LogP contribution in [0.1, 0.15) is 24.1 Å². The third-order valence-electron chi connectivity index (χ3n) is 5.14. The SMILES string of the molecule is CC(=N)c1cc(-c2cc(NC(CO)c3ccccc3)cnc2-c2ccco2)ccc1N. The van der Waals surface area contributed by atoms with Crippen LogP contribution in [-0.4, -0.2) is 22.4 Å². The maximum Gasteiger partial charge on any atom is 0.152 e. The summed E-state index contributed by atoms with van der Waals surface area (Å²) >= 11 is 0. The number of anilines is 2. The summed E-state index contributed by atoms with van der Waals surface area (Å²) in [6, 6.07) is 20.8. The molecule has 0 saturated carbocycles. The van der Waals surface area contributed by atoms with Crippen LogP contribution in [0.2, 0.25) is 0 Å². The summed E-state index contributed by atoms with van der Waals surface area (Å²) in [6.07, 6.45) is 3.34. The summed E-state index contributed by atoms with van der Waals surface area (Å²) < 4.78 is 5.60. The van der Waals surface area contributed by atoms with E-state index >= 15 is 0 Å². The van der Waals surface area contributed by atoms with Crippen LogP contribution in [0.15, 0.2) is 83.6 Å². The molecule has 5 N–H and O–H groups in total. The number of rotatable bonds is 7. The molecule has 156 valence electrons. The molecule has 0 saturated heterocycles. The van der Waals surface area contributed by atoms with Crippen LogP contribution in [0.5, 0.6) is 0 Å². The molecule has 2 aromatic carbocycles. The van der Waals surface area contributed by atoms with E-state index in [2.05, 4.69) is 10.3 Å². The first-order chi connectivity index (χ1) is 15.1. The third-order valence-corrected chi connectivity index (χ3v) is 5.14. The number of hydrogen-bond acceptors (Lipinski definition) is 6. The molecule has 1 atom stereocenters. The lowest BCUT2D eigenvalue weighted by atomic mass is 9.97. The number of nitrogen functional groups attached to an aromatic ring is 1. The van der Waals surface area contributed by atoms with Crippen LogP contribution in [0.3, 0.4) is 0 Å². The van der Waals surface area contributed by atoms with E-state index in [1.807, 2.05) is 60.7 Å². The van der Waals surface area contributed by atoms with Crippen molar-refractivity contribution < 1.29 is 9.52 Å². The highest BCUT2D eigenvalue weighted by atomic mass is 16.3. The zero-order valence-electron chi connectivity index (χ0n) is 17.2. The average Bonchev–Trinajstić information content (AvgIpc) is 3.33. The molecule has 4 rings (SSSR count). The third kappa shape index (κ3) is 4.34. The molecule has 6 nitrogen and oxygen atoms in total. The van der Waals surface area contributed by atoms with Crippen molar-refractivity contribution in [1.82, 2.24) is 4.98 Å². The van der Waals surface area contributed by atoms with Gasteiger partial charge in [-0.1, -0.05) is 36.4 Å². The molecule has 2 aromatic heterocycles. The molecular formula is C25H24N4O2. The van der Waals surface area contributed by atoms with Gasteiger partial charge in [-0.15, -0.1) is 0 Å². The molecule has 0 aliphatic carbocycles. The highest BCUT2D eigenvalue weighted by Crippen LogP contribution is 2.35. The van der Waals surface area contributed by atoms with Crippen LogP contribution in [0, 0.1) is 5.41 Å². The number of aliphatic hydroxyl groups is 1. The van der Waals surface area contributed by atoms with Crippen molar-refractivity contribution in [2.75, 3.05) is 17.7 Å². The smallest absolute Gasteiger partial charge is 0.152 e. The molecule has 0 bridgehead atoms. The topological polar surface area (TPSA) is 108 Å². The normalized spacial score (nSPS) is 11.8. The molecule has 31 heavy (non-hydrogen) atoms. The van der Waals surface area contributed by atoms with Gasteiger partial charge >= 0.3 is 0 Å². The second-order valence-electron chi connectivity index (χ2n) is 7.31. The zero-order chi connectivity index (χ0) is 21.8. The summed E-state index contributed by atoms with van der Waals surface area (Å²) in [5, 5.41) is 21.3. The monoisotopic (exact) mass is 412 g/mol. The largest absolute Gasteiger partial charge is 0.463 e. The fourth-order valence-electron chi connectivity index (χ4n) is 3.54. The molecule has 0 aliphatic rings. The number of benzene rings is 2. The Bertz CT molecular complexity index is 1190. The Balaban J connectivity index is 1.79. The number of pyridine rings is 1. The Labute approximate surface area is 180 Å². The Morgan fingerprint density at radius 3 is 2.61 bits per heavy atom. The van der Waals surface area contributed by atoms with E-state index < -0.39 is 0 Å². The molecule has 0 fully saturated rings.